The van der Waals surface area contributed by atoms with Gasteiger partial charge in [0, 0.05) is 38.3 Å². The lowest BCUT2D eigenvalue weighted by atomic mass is 10.1. The molecule has 4 atom stereocenters. The number of nitrogens with zero attached hydrogens (tertiary/aromatic N) is 1. The third-order valence-corrected chi connectivity index (χ3v) is 5.20. The van der Waals surface area contributed by atoms with Crippen molar-refractivity contribution in [1.29, 1.82) is 0 Å². The number of aliphatic hydroxyl groups excluding tert-OH is 2. The molecule has 0 aromatic heterocycles. The van der Waals surface area contributed by atoms with Gasteiger partial charge in [0.1, 0.15) is 18.3 Å². The molecule has 2 amide bonds. The lowest BCUT2D eigenvalue weighted by Crippen LogP contribution is -2.42. The molecule has 2 saturated heterocycles. The number of carbonyl (C=O) groups is 2. The number of rotatable bonds is 8. The van der Waals surface area contributed by atoms with Crippen molar-refractivity contribution in [2.45, 2.75) is 30.8 Å². The molecule has 3 rings (SSSR count). The van der Waals surface area contributed by atoms with Gasteiger partial charge in [-0.05, 0) is 12.1 Å². The summed E-state index contributed by atoms with van der Waals surface area (Å²) in [6, 6.07) is 8.69. The lowest BCUT2D eigenvalue weighted by Gasteiger charge is -2.26. The van der Waals surface area contributed by atoms with Crippen LogP contribution in [0, 0.1) is 0 Å². The maximum absolute atomic E-state index is 12.2. The maximum Gasteiger partial charge on any atom is 0.251 e. The second-order valence-corrected chi connectivity index (χ2v) is 7.28. The summed E-state index contributed by atoms with van der Waals surface area (Å²) < 4.78 is 10.9. The molecule has 2 aliphatic heterocycles. The maximum atomic E-state index is 12.2. The molecule has 2 heterocycles. The Morgan fingerprint density at radius 2 is 1.72 bits per heavy atom. The molecule has 29 heavy (non-hydrogen) atoms. The number of carbonyl (C=O) groups excluding carboxylic acids is 2. The van der Waals surface area contributed by atoms with Crippen LogP contribution in [0.15, 0.2) is 30.3 Å². The average molecular weight is 407 g/mol. The Morgan fingerprint density at radius 3 is 2.45 bits per heavy atom. The minimum atomic E-state index is -1.18. The molecule has 0 bridgehead atoms. The van der Waals surface area contributed by atoms with Gasteiger partial charge in [-0.1, -0.05) is 18.2 Å². The first-order valence-corrected chi connectivity index (χ1v) is 9.96. The first-order chi connectivity index (χ1) is 14.0. The first kappa shape index (κ1) is 21.7. The second kappa shape index (κ2) is 10.7. The summed E-state index contributed by atoms with van der Waals surface area (Å²) in [5.74, 6) is -0.538. The summed E-state index contributed by atoms with van der Waals surface area (Å²) in [5.41, 5.74) is 0.497. The average Bonchev–Trinajstić information content (AvgIpc) is 3.01. The second-order valence-electron chi connectivity index (χ2n) is 7.28. The Hall–Kier alpha value is -2.04. The van der Waals surface area contributed by atoms with E-state index in [-0.39, 0.29) is 24.8 Å². The monoisotopic (exact) mass is 407 g/mol. The summed E-state index contributed by atoms with van der Waals surface area (Å²) in [6.45, 7) is 4.39. The highest BCUT2D eigenvalue weighted by molar-refractivity contribution is 5.94. The summed E-state index contributed by atoms with van der Waals surface area (Å²) in [6.07, 6.45) is -3.99. The van der Waals surface area contributed by atoms with Gasteiger partial charge in [0.25, 0.3) is 5.91 Å². The predicted octanol–water partition coefficient (Wildman–Crippen LogP) is -1.26. The molecular formula is C20H29N3O6. The van der Waals surface area contributed by atoms with Crippen LogP contribution in [-0.4, -0.2) is 97.3 Å². The first-order valence-electron chi connectivity index (χ1n) is 9.96. The van der Waals surface area contributed by atoms with Crippen LogP contribution < -0.4 is 10.6 Å². The van der Waals surface area contributed by atoms with Crippen molar-refractivity contribution >= 4 is 11.8 Å². The third kappa shape index (κ3) is 6.22. The Bertz CT molecular complexity index is 667. The molecule has 0 aliphatic carbocycles. The summed E-state index contributed by atoms with van der Waals surface area (Å²) in [4.78, 5) is 26.5. The van der Waals surface area contributed by atoms with E-state index >= 15 is 0 Å². The molecule has 0 spiro atoms. The molecule has 160 valence electrons. The van der Waals surface area contributed by atoms with Gasteiger partial charge < -0.3 is 30.3 Å². The predicted molar refractivity (Wildman–Crippen MR) is 104 cm³/mol. The van der Waals surface area contributed by atoms with Crippen molar-refractivity contribution in [3.8, 4) is 0 Å². The summed E-state index contributed by atoms with van der Waals surface area (Å²) in [7, 11) is 0. The number of nitrogens with one attached hydrogen (secondary N) is 2. The molecule has 2 fully saturated rings. The van der Waals surface area contributed by atoms with E-state index in [2.05, 4.69) is 15.5 Å². The molecule has 0 radical (unpaired) electrons. The zero-order chi connectivity index (χ0) is 20.6. The Labute approximate surface area is 170 Å². The van der Waals surface area contributed by atoms with E-state index in [0.717, 1.165) is 19.6 Å². The third-order valence-electron chi connectivity index (χ3n) is 5.20. The molecule has 0 saturated carbocycles. The lowest BCUT2D eigenvalue weighted by molar-refractivity contribution is -0.125. The number of benzene rings is 1. The SMILES string of the molecule is O=C(C[C@@H]1O[C@@H](CNC(=O)c2ccccc2)[C@@H](O)[C@H]1O)NCCN1CCOCC1. The van der Waals surface area contributed by atoms with Gasteiger partial charge in [-0.25, -0.2) is 0 Å². The van der Waals surface area contributed by atoms with Gasteiger partial charge in [-0.15, -0.1) is 0 Å². The van der Waals surface area contributed by atoms with Crippen LogP contribution in [0.25, 0.3) is 0 Å². The van der Waals surface area contributed by atoms with Crippen LogP contribution >= 0.6 is 0 Å². The van der Waals surface area contributed by atoms with Crippen LogP contribution in [-0.2, 0) is 14.3 Å². The van der Waals surface area contributed by atoms with Crippen molar-refractivity contribution in [2.75, 3.05) is 45.9 Å². The molecule has 9 heteroatoms. The Balaban J connectivity index is 1.39. The Morgan fingerprint density at radius 1 is 1.03 bits per heavy atom. The van der Waals surface area contributed by atoms with Gasteiger partial charge in [0.05, 0.1) is 25.7 Å². The van der Waals surface area contributed by atoms with E-state index in [1.54, 1.807) is 24.3 Å². The van der Waals surface area contributed by atoms with E-state index in [0.29, 0.717) is 25.3 Å². The van der Waals surface area contributed by atoms with Crippen molar-refractivity contribution in [3.05, 3.63) is 35.9 Å². The van der Waals surface area contributed by atoms with Gasteiger partial charge in [-0.3, -0.25) is 14.5 Å². The van der Waals surface area contributed by atoms with Crippen molar-refractivity contribution in [2.24, 2.45) is 0 Å². The highest BCUT2D eigenvalue weighted by atomic mass is 16.5. The number of aliphatic hydroxyl groups is 2. The zero-order valence-corrected chi connectivity index (χ0v) is 16.3. The van der Waals surface area contributed by atoms with E-state index in [1.807, 2.05) is 6.07 Å². The smallest absolute Gasteiger partial charge is 0.251 e. The molecule has 1 aromatic carbocycles. The van der Waals surface area contributed by atoms with Gasteiger partial charge in [0.2, 0.25) is 5.91 Å². The van der Waals surface area contributed by atoms with Crippen molar-refractivity contribution < 1.29 is 29.3 Å². The van der Waals surface area contributed by atoms with E-state index < -0.39 is 24.4 Å². The van der Waals surface area contributed by atoms with E-state index in [1.165, 1.54) is 0 Å². The molecule has 9 nitrogen and oxygen atoms in total. The Kier molecular flexibility index (Phi) is 7.96. The summed E-state index contributed by atoms with van der Waals surface area (Å²) >= 11 is 0. The normalized spacial score (nSPS) is 27.5. The van der Waals surface area contributed by atoms with Crippen LogP contribution in [0.1, 0.15) is 16.8 Å². The fourth-order valence-corrected chi connectivity index (χ4v) is 3.48. The molecule has 2 aliphatic rings. The largest absolute Gasteiger partial charge is 0.388 e. The van der Waals surface area contributed by atoms with Crippen LogP contribution in [0.5, 0.6) is 0 Å². The number of ether oxygens (including phenoxy) is 2. The van der Waals surface area contributed by atoms with Crippen molar-refractivity contribution in [3.63, 3.8) is 0 Å². The van der Waals surface area contributed by atoms with Crippen LogP contribution in [0.4, 0.5) is 0 Å². The minimum absolute atomic E-state index is 0.0428. The zero-order valence-electron chi connectivity index (χ0n) is 16.3. The van der Waals surface area contributed by atoms with Gasteiger partial charge in [-0.2, -0.15) is 0 Å². The number of morpholine rings is 1. The fraction of sp³-hybridized carbons (Fsp3) is 0.600. The van der Waals surface area contributed by atoms with Crippen LogP contribution in [0.2, 0.25) is 0 Å². The highest BCUT2D eigenvalue weighted by Crippen LogP contribution is 2.23. The van der Waals surface area contributed by atoms with Crippen molar-refractivity contribution in [1.82, 2.24) is 15.5 Å². The quantitative estimate of drug-likeness (QED) is 0.425. The fourth-order valence-electron chi connectivity index (χ4n) is 3.48. The topological polar surface area (TPSA) is 120 Å². The highest BCUT2D eigenvalue weighted by Gasteiger charge is 2.43. The number of hydrogen-bond donors (Lipinski definition) is 4. The van der Waals surface area contributed by atoms with Gasteiger partial charge in [0.15, 0.2) is 0 Å². The number of hydrogen-bond acceptors (Lipinski definition) is 7. The van der Waals surface area contributed by atoms with E-state index in [4.69, 9.17) is 9.47 Å². The van der Waals surface area contributed by atoms with Crippen LogP contribution in [0.3, 0.4) is 0 Å². The molecule has 1 aromatic rings. The van der Waals surface area contributed by atoms with Gasteiger partial charge >= 0.3 is 0 Å². The minimum Gasteiger partial charge on any atom is -0.388 e. The molecular weight excluding hydrogens is 378 g/mol. The molecule has 0 unspecified atom stereocenters. The van der Waals surface area contributed by atoms with E-state index in [9.17, 15) is 19.8 Å². The molecule has 4 N–H and O–H groups in total. The standard InChI is InChI=1S/C20H29N3O6/c24-17(21-6-7-23-8-10-28-11-9-23)12-15-18(25)19(26)16(29-15)13-22-20(27)14-4-2-1-3-5-14/h1-5,15-16,18-19,25-26H,6-13H2,(H,21,24)(H,22,27)/t15-,16-,18-,19+/m0/s1. The number of amides is 2. The summed E-state index contributed by atoms with van der Waals surface area (Å²) in [5, 5.41) is 25.9.